The number of carbonyl (C=O) groups excluding carboxylic acids is 1. The Morgan fingerprint density at radius 2 is 1.83 bits per heavy atom. The number of hydrogen-bond acceptors (Lipinski definition) is 4. The summed E-state index contributed by atoms with van der Waals surface area (Å²) in [4.78, 5) is 14.4. The Bertz CT molecular complexity index is 670. The average Bonchev–Trinajstić information content (AvgIpc) is 3.06. The number of amides is 1. The minimum atomic E-state index is 0.245. The molecule has 5 heteroatoms. The number of rotatable bonds is 5. The zero-order chi connectivity index (χ0) is 16.9. The topological polar surface area (TPSA) is 59.2 Å². The molecule has 0 radical (unpaired) electrons. The van der Waals surface area contributed by atoms with E-state index >= 15 is 0 Å². The minimum Gasteiger partial charge on any atom is -0.425 e. The van der Waals surface area contributed by atoms with Gasteiger partial charge in [-0.3, -0.25) is 4.79 Å². The summed E-state index contributed by atoms with van der Waals surface area (Å²) < 4.78 is 5.52. The lowest BCUT2D eigenvalue weighted by Crippen LogP contribution is -2.38. The number of likely N-dealkylation sites (tertiary alicyclic amines) is 1. The van der Waals surface area contributed by atoms with Crippen molar-refractivity contribution in [2.24, 2.45) is 0 Å². The van der Waals surface area contributed by atoms with Gasteiger partial charge in [-0.25, -0.2) is 0 Å². The molecule has 1 saturated heterocycles. The summed E-state index contributed by atoms with van der Waals surface area (Å²) in [6.45, 7) is 5.51. The van der Waals surface area contributed by atoms with Crippen molar-refractivity contribution in [1.29, 1.82) is 0 Å². The Labute approximate surface area is 143 Å². The van der Waals surface area contributed by atoms with Crippen LogP contribution in [0, 0.1) is 6.92 Å². The van der Waals surface area contributed by atoms with Gasteiger partial charge in [0.25, 0.3) is 0 Å². The predicted molar refractivity (Wildman–Crippen MR) is 91.7 cm³/mol. The molecule has 128 valence electrons. The number of aromatic nitrogens is 2. The van der Waals surface area contributed by atoms with Gasteiger partial charge in [-0.1, -0.05) is 31.2 Å². The third-order valence-electron chi connectivity index (χ3n) is 4.80. The number of aryl methyl sites for hydroxylation is 3. The third-order valence-corrected chi connectivity index (χ3v) is 4.80. The molecule has 24 heavy (non-hydrogen) atoms. The number of carbonyl (C=O) groups is 1. The maximum atomic E-state index is 12.4. The molecule has 2 aromatic rings. The molecule has 0 saturated carbocycles. The summed E-state index contributed by atoms with van der Waals surface area (Å²) >= 11 is 0. The van der Waals surface area contributed by atoms with E-state index in [4.69, 9.17) is 4.42 Å². The zero-order valence-electron chi connectivity index (χ0n) is 14.5. The van der Waals surface area contributed by atoms with E-state index in [-0.39, 0.29) is 11.8 Å². The first-order chi connectivity index (χ1) is 11.7. The van der Waals surface area contributed by atoms with Gasteiger partial charge in [0.2, 0.25) is 17.7 Å². The molecule has 1 amide bonds. The molecule has 0 bridgehead atoms. The zero-order valence-corrected chi connectivity index (χ0v) is 14.5. The number of hydrogen-bond donors (Lipinski definition) is 0. The second-order valence-corrected chi connectivity index (χ2v) is 6.48. The maximum Gasteiger partial charge on any atom is 0.222 e. The molecule has 0 unspecified atom stereocenters. The van der Waals surface area contributed by atoms with Gasteiger partial charge in [0.1, 0.15) is 0 Å². The van der Waals surface area contributed by atoms with Crippen molar-refractivity contribution >= 4 is 5.91 Å². The average molecular weight is 327 g/mol. The molecule has 0 N–H and O–H groups in total. The first-order valence-electron chi connectivity index (χ1n) is 8.81. The predicted octanol–water partition coefficient (Wildman–Crippen LogP) is 3.28. The molecule has 0 spiro atoms. The van der Waals surface area contributed by atoms with Crippen LogP contribution in [0.3, 0.4) is 0 Å². The van der Waals surface area contributed by atoms with Gasteiger partial charge in [0, 0.05) is 32.4 Å². The van der Waals surface area contributed by atoms with Crippen molar-refractivity contribution in [3.05, 3.63) is 47.2 Å². The van der Waals surface area contributed by atoms with Gasteiger partial charge in [-0.2, -0.15) is 0 Å². The van der Waals surface area contributed by atoms with E-state index in [0.29, 0.717) is 12.3 Å². The Kier molecular flexibility index (Phi) is 5.28. The first kappa shape index (κ1) is 16.7. The Morgan fingerprint density at radius 1 is 1.17 bits per heavy atom. The standard InChI is InChI=1S/C19H25N3O2/c1-3-15-4-6-16(7-5-15)8-9-18(23)22-12-10-17(11-13-22)19-21-20-14(2)24-19/h4-7,17H,3,8-13H2,1-2H3. The molecule has 1 aliphatic heterocycles. The second-order valence-electron chi connectivity index (χ2n) is 6.48. The summed E-state index contributed by atoms with van der Waals surface area (Å²) in [6.07, 6.45) is 4.24. The minimum absolute atomic E-state index is 0.245. The first-order valence-corrected chi connectivity index (χ1v) is 8.81. The maximum absolute atomic E-state index is 12.4. The van der Waals surface area contributed by atoms with Crippen molar-refractivity contribution in [3.63, 3.8) is 0 Å². The van der Waals surface area contributed by atoms with Gasteiger partial charge in [-0.05, 0) is 36.8 Å². The van der Waals surface area contributed by atoms with E-state index in [1.165, 1.54) is 11.1 Å². The molecular formula is C19H25N3O2. The Morgan fingerprint density at radius 3 is 2.42 bits per heavy atom. The summed E-state index contributed by atoms with van der Waals surface area (Å²) in [6, 6.07) is 8.57. The molecule has 1 aromatic carbocycles. The van der Waals surface area contributed by atoms with Crippen molar-refractivity contribution in [1.82, 2.24) is 15.1 Å². The second kappa shape index (κ2) is 7.60. The van der Waals surface area contributed by atoms with Gasteiger partial charge < -0.3 is 9.32 Å². The van der Waals surface area contributed by atoms with Gasteiger partial charge in [0.05, 0.1) is 0 Å². The van der Waals surface area contributed by atoms with Crippen LogP contribution in [0.25, 0.3) is 0 Å². The lowest BCUT2D eigenvalue weighted by atomic mass is 9.96. The Balaban J connectivity index is 1.46. The fraction of sp³-hybridized carbons (Fsp3) is 0.526. The molecule has 0 aliphatic carbocycles. The number of benzene rings is 1. The van der Waals surface area contributed by atoms with Crippen LogP contribution in [0.5, 0.6) is 0 Å². The van der Waals surface area contributed by atoms with Crippen LogP contribution in [0.2, 0.25) is 0 Å². The van der Waals surface area contributed by atoms with E-state index in [1.807, 2.05) is 11.8 Å². The van der Waals surface area contributed by atoms with Crippen LogP contribution >= 0.6 is 0 Å². The fourth-order valence-electron chi connectivity index (χ4n) is 3.20. The molecule has 0 atom stereocenters. The van der Waals surface area contributed by atoms with Gasteiger partial charge in [-0.15, -0.1) is 10.2 Å². The van der Waals surface area contributed by atoms with Gasteiger partial charge in [0.15, 0.2) is 0 Å². The molecular weight excluding hydrogens is 302 g/mol. The van der Waals surface area contributed by atoms with Crippen molar-refractivity contribution in [3.8, 4) is 0 Å². The van der Waals surface area contributed by atoms with E-state index in [1.54, 1.807) is 0 Å². The molecule has 2 heterocycles. The number of nitrogens with zero attached hydrogens (tertiary/aromatic N) is 3. The van der Waals surface area contributed by atoms with E-state index < -0.39 is 0 Å². The van der Waals surface area contributed by atoms with Crippen LogP contribution in [-0.4, -0.2) is 34.1 Å². The van der Waals surface area contributed by atoms with E-state index in [0.717, 1.165) is 44.7 Å². The van der Waals surface area contributed by atoms with E-state index in [9.17, 15) is 4.79 Å². The summed E-state index contributed by atoms with van der Waals surface area (Å²) in [5.74, 6) is 1.86. The highest BCUT2D eigenvalue weighted by molar-refractivity contribution is 5.76. The van der Waals surface area contributed by atoms with Crippen molar-refractivity contribution < 1.29 is 9.21 Å². The lowest BCUT2D eigenvalue weighted by molar-refractivity contribution is -0.132. The van der Waals surface area contributed by atoms with Crippen molar-refractivity contribution in [2.75, 3.05) is 13.1 Å². The van der Waals surface area contributed by atoms with Crippen LogP contribution in [0.4, 0.5) is 0 Å². The summed E-state index contributed by atoms with van der Waals surface area (Å²) in [5, 5.41) is 8.00. The van der Waals surface area contributed by atoms with Crippen LogP contribution in [0.15, 0.2) is 28.7 Å². The summed E-state index contributed by atoms with van der Waals surface area (Å²) in [5.41, 5.74) is 2.57. The highest BCUT2D eigenvalue weighted by atomic mass is 16.4. The van der Waals surface area contributed by atoms with Crippen LogP contribution < -0.4 is 0 Å². The van der Waals surface area contributed by atoms with E-state index in [2.05, 4.69) is 41.4 Å². The van der Waals surface area contributed by atoms with Crippen molar-refractivity contribution in [2.45, 2.75) is 51.9 Å². The van der Waals surface area contributed by atoms with Crippen LogP contribution in [-0.2, 0) is 17.6 Å². The molecule has 5 nitrogen and oxygen atoms in total. The third kappa shape index (κ3) is 4.02. The van der Waals surface area contributed by atoms with Crippen LogP contribution in [0.1, 0.15) is 55.0 Å². The molecule has 1 aliphatic rings. The molecule has 3 rings (SSSR count). The van der Waals surface area contributed by atoms with Gasteiger partial charge >= 0.3 is 0 Å². The summed E-state index contributed by atoms with van der Waals surface area (Å²) in [7, 11) is 0. The smallest absolute Gasteiger partial charge is 0.222 e. The lowest BCUT2D eigenvalue weighted by Gasteiger charge is -2.30. The fourth-order valence-corrected chi connectivity index (χ4v) is 3.20. The SMILES string of the molecule is CCc1ccc(CCC(=O)N2CCC(c3nnc(C)o3)CC2)cc1. The highest BCUT2D eigenvalue weighted by Gasteiger charge is 2.26. The highest BCUT2D eigenvalue weighted by Crippen LogP contribution is 2.27. The quantitative estimate of drug-likeness (QED) is 0.845. The largest absolute Gasteiger partial charge is 0.425 e. The molecule has 1 fully saturated rings. The monoisotopic (exact) mass is 327 g/mol. The Hall–Kier alpha value is -2.17. The normalized spacial score (nSPS) is 15.7. The number of piperidine rings is 1. The molecule has 1 aromatic heterocycles.